The zero-order valence-electron chi connectivity index (χ0n) is 16.9. The van der Waals surface area contributed by atoms with Gasteiger partial charge in [-0.25, -0.2) is 0 Å². The zero-order chi connectivity index (χ0) is 20.7. The smallest absolute Gasteiger partial charge is 0.253 e. The van der Waals surface area contributed by atoms with Crippen molar-refractivity contribution in [3.05, 3.63) is 54.1 Å². The quantitative estimate of drug-likeness (QED) is 0.347. The van der Waals surface area contributed by atoms with Gasteiger partial charge in [0.1, 0.15) is 0 Å². The number of unbranched alkanes of at least 4 members (excludes halogenated alkanes) is 2. The van der Waals surface area contributed by atoms with Gasteiger partial charge in [-0.1, -0.05) is 30.4 Å². The Bertz CT molecular complexity index is 737. The van der Waals surface area contributed by atoms with Crippen LogP contribution >= 0.6 is 0 Å². The Balaban J connectivity index is 1.69. The van der Waals surface area contributed by atoms with Crippen molar-refractivity contribution in [3.8, 4) is 0 Å². The maximum atomic E-state index is 11.4. The molecule has 0 aromatic heterocycles. The van der Waals surface area contributed by atoms with Gasteiger partial charge in [-0.05, 0) is 57.2 Å². The Hall–Kier alpha value is -2.28. The maximum absolute atomic E-state index is 11.4. The molecule has 1 aromatic rings. The third-order valence-electron chi connectivity index (χ3n) is 4.76. The minimum Gasteiger partial charge on any atom is -0.356 e. The lowest BCUT2D eigenvalue weighted by atomic mass is 9.92. The second kappa shape index (κ2) is 9.78. The van der Waals surface area contributed by atoms with Gasteiger partial charge in [0.05, 0.1) is 6.61 Å². The third-order valence-corrected chi connectivity index (χ3v) is 4.76. The molecule has 0 aliphatic carbocycles. The molecule has 28 heavy (non-hydrogen) atoms. The summed E-state index contributed by atoms with van der Waals surface area (Å²) >= 11 is 0. The number of nitrogens with zero attached hydrogens (tertiary/aromatic N) is 1. The first-order valence-electron chi connectivity index (χ1n) is 9.58. The summed E-state index contributed by atoms with van der Waals surface area (Å²) in [4.78, 5) is 24.1. The van der Waals surface area contributed by atoms with E-state index in [1.807, 2.05) is 39.0 Å². The fourth-order valence-electron chi connectivity index (χ4n) is 3.00. The Morgan fingerprint density at radius 1 is 1.21 bits per heavy atom. The Morgan fingerprint density at radius 3 is 2.54 bits per heavy atom. The SMILES string of the molecule is C=C(C)c1cccc(C(C)(C)NC(O)OCCCCCN2C(=O)C=CC2=O)c1. The van der Waals surface area contributed by atoms with E-state index in [-0.39, 0.29) is 11.8 Å². The van der Waals surface area contributed by atoms with Gasteiger partial charge in [0.15, 0.2) is 0 Å². The minimum absolute atomic E-state index is 0.251. The summed E-state index contributed by atoms with van der Waals surface area (Å²) in [6, 6.07) is 8.04. The van der Waals surface area contributed by atoms with Crippen molar-refractivity contribution in [2.45, 2.75) is 52.0 Å². The molecule has 1 heterocycles. The highest BCUT2D eigenvalue weighted by Crippen LogP contribution is 2.24. The van der Waals surface area contributed by atoms with Crippen LogP contribution in [0.1, 0.15) is 51.2 Å². The van der Waals surface area contributed by atoms with Crippen LogP contribution in [0.5, 0.6) is 0 Å². The van der Waals surface area contributed by atoms with Gasteiger partial charge < -0.3 is 9.84 Å². The normalized spacial score (nSPS) is 15.4. The first kappa shape index (κ1) is 22.0. The fraction of sp³-hybridized carbons (Fsp3) is 0.455. The molecule has 152 valence electrons. The number of aliphatic hydroxyl groups is 1. The van der Waals surface area contributed by atoms with E-state index in [2.05, 4.69) is 18.0 Å². The largest absolute Gasteiger partial charge is 0.356 e. The lowest BCUT2D eigenvalue weighted by Crippen LogP contribution is -2.45. The van der Waals surface area contributed by atoms with E-state index in [1.54, 1.807) is 0 Å². The number of imide groups is 1. The van der Waals surface area contributed by atoms with Gasteiger partial charge in [-0.3, -0.25) is 19.8 Å². The predicted octanol–water partition coefficient (Wildman–Crippen LogP) is 2.93. The predicted molar refractivity (Wildman–Crippen MR) is 109 cm³/mol. The van der Waals surface area contributed by atoms with Crippen LogP contribution in [0.25, 0.3) is 5.57 Å². The maximum Gasteiger partial charge on any atom is 0.253 e. The van der Waals surface area contributed by atoms with Gasteiger partial charge in [-0.2, -0.15) is 0 Å². The molecule has 1 atom stereocenters. The monoisotopic (exact) mass is 386 g/mol. The first-order chi connectivity index (χ1) is 13.2. The summed E-state index contributed by atoms with van der Waals surface area (Å²) in [5, 5.41) is 13.3. The number of carbonyl (C=O) groups excluding carboxylic acids is 2. The van der Waals surface area contributed by atoms with Crippen molar-refractivity contribution in [1.29, 1.82) is 0 Å². The number of benzene rings is 1. The van der Waals surface area contributed by atoms with Crippen LogP contribution < -0.4 is 5.32 Å². The molecule has 2 N–H and O–H groups in total. The van der Waals surface area contributed by atoms with Gasteiger partial charge in [0.2, 0.25) is 6.41 Å². The molecule has 1 unspecified atom stereocenters. The van der Waals surface area contributed by atoms with E-state index < -0.39 is 12.0 Å². The van der Waals surface area contributed by atoms with Crippen molar-refractivity contribution in [1.82, 2.24) is 10.2 Å². The van der Waals surface area contributed by atoms with E-state index in [0.29, 0.717) is 19.6 Å². The number of nitrogens with one attached hydrogen (secondary N) is 1. The summed E-state index contributed by atoms with van der Waals surface area (Å²) in [7, 11) is 0. The molecule has 0 radical (unpaired) electrons. The van der Waals surface area contributed by atoms with Gasteiger partial charge >= 0.3 is 0 Å². The highest BCUT2D eigenvalue weighted by Gasteiger charge is 2.24. The second-order valence-electron chi connectivity index (χ2n) is 7.58. The lowest BCUT2D eigenvalue weighted by Gasteiger charge is -2.30. The van der Waals surface area contributed by atoms with Crippen molar-refractivity contribution in [2.24, 2.45) is 0 Å². The minimum atomic E-state index is -1.09. The van der Waals surface area contributed by atoms with Crippen LogP contribution in [-0.4, -0.2) is 41.4 Å². The number of amides is 2. The molecule has 6 heteroatoms. The average Bonchev–Trinajstić information content (AvgIpc) is 2.96. The number of allylic oxidation sites excluding steroid dienone is 1. The molecular formula is C22H30N2O4. The Labute approximate surface area is 166 Å². The second-order valence-corrected chi connectivity index (χ2v) is 7.58. The number of rotatable bonds is 11. The molecule has 0 fully saturated rings. The number of carbonyl (C=O) groups is 2. The van der Waals surface area contributed by atoms with Crippen molar-refractivity contribution < 1.29 is 19.4 Å². The highest BCUT2D eigenvalue weighted by molar-refractivity contribution is 6.12. The Morgan fingerprint density at radius 2 is 1.89 bits per heavy atom. The zero-order valence-corrected chi connectivity index (χ0v) is 16.9. The molecule has 1 aliphatic heterocycles. The van der Waals surface area contributed by atoms with Crippen LogP contribution in [0.3, 0.4) is 0 Å². The summed E-state index contributed by atoms with van der Waals surface area (Å²) in [6.07, 6.45) is 3.74. The van der Waals surface area contributed by atoms with E-state index in [4.69, 9.17) is 4.74 Å². The molecule has 0 bridgehead atoms. The van der Waals surface area contributed by atoms with Gasteiger partial charge in [-0.15, -0.1) is 0 Å². The molecule has 0 spiro atoms. The van der Waals surface area contributed by atoms with E-state index >= 15 is 0 Å². The molecule has 0 saturated carbocycles. The van der Waals surface area contributed by atoms with Crippen LogP contribution in [0.15, 0.2) is 43.0 Å². The highest BCUT2D eigenvalue weighted by atomic mass is 16.6. The van der Waals surface area contributed by atoms with Crippen LogP contribution in [0.4, 0.5) is 0 Å². The van der Waals surface area contributed by atoms with Crippen LogP contribution in [0.2, 0.25) is 0 Å². The summed E-state index contributed by atoms with van der Waals surface area (Å²) in [5.74, 6) is -0.502. The van der Waals surface area contributed by atoms with Crippen molar-refractivity contribution in [2.75, 3.05) is 13.2 Å². The third kappa shape index (κ3) is 6.12. The number of hydrogen-bond acceptors (Lipinski definition) is 5. The molecule has 2 amide bonds. The summed E-state index contributed by atoms with van der Waals surface area (Å²) < 4.78 is 5.46. The molecule has 1 aliphatic rings. The van der Waals surface area contributed by atoms with Crippen molar-refractivity contribution in [3.63, 3.8) is 0 Å². The van der Waals surface area contributed by atoms with E-state index in [0.717, 1.165) is 29.5 Å². The Kier molecular flexibility index (Phi) is 7.69. The van der Waals surface area contributed by atoms with Crippen LogP contribution in [0, 0.1) is 0 Å². The molecule has 1 aromatic carbocycles. The standard InChI is InChI=1S/C22H30N2O4/c1-16(2)17-9-8-10-18(15-17)22(3,4)23-21(27)28-14-7-5-6-13-24-19(25)11-12-20(24)26/h8-12,15,21,23,27H,1,5-7,13-14H2,2-4H3. The topological polar surface area (TPSA) is 78.9 Å². The first-order valence-corrected chi connectivity index (χ1v) is 9.58. The van der Waals surface area contributed by atoms with Gasteiger partial charge in [0.25, 0.3) is 11.8 Å². The molecule has 6 nitrogen and oxygen atoms in total. The summed E-state index contributed by atoms with van der Waals surface area (Å²) in [6.45, 7) is 10.7. The number of aliphatic hydroxyl groups excluding tert-OH is 1. The summed E-state index contributed by atoms with van der Waals surface area (Å²) in [5.41, 5.74) is 2.61. The van der Waals surface area contributed by atoms with E-state index in [9.17, 15) is 14.7 Å². The van der Waals surface area contributed by atoms with Crippen LogP contribution in [-0.2, 0) is 19.9 Å². The number of hydrogen-bond donors (Lipinski definition) is 2. The molecule has 0 saturated heterocycles. The van der Waals surface area contributed by atoms with E-state index in [1.165, 1.54) is 17.1 Å². The number of ether oxygens (including phenoxy) is 1. The molecule has 2 rings (SSSR count). The lowest BCUT2D eigenvalue weighted by molar-refractivity contribution is -0.136. The fourth-order valence-corrected chi connectivity index (χ4v) is 3.00. The molecular weight excluding hydrogens is 356 g/mol. The van der Waals surface area contributed by atoms with Crippen molar-refractivity contribution >= 4 is 17.4 Å². The van der Waals surface area contributed by atoms with Gasteiger partial charge in [0, 0.05) is 24.2 Å². The average molecular weight is 386 g/mol.